The van der Waals surface area contributed by atoms with E-state index in [4.69, 9.17) is 0 Å². The summed E-state index contributed by atoms with van der Waals surface area (Å²) in [5.41, 5.74) is 1.19. The highest BCUT2D eigenvalue weighted by Crippen LogP contribution is 2.40. The van der Waals surface area contributed by atoms with Gasteiger partial charge in [-0.05, 0) is 55.5 Å². The van der Waals surface area contributed by atoms with E-state index in [2.05, 4.69) is 5.32 Å². The van der Waals surface area contributed by atoms with Gasteiger partial charge in [-0.25, -0.2) is 0 Å². The lowest BCUT2D eigenvalue weighted by Crippen LogP contribution is -2.32. The normalized spacial score (nSPS) is 18.2. The Bertz CT molecular complexity index is 436. The van der Waals surface area contributed by atoms with E-state index >= 15 is 0 Å². The fourth-order valence-corrected chi connectivity index (χ4v) is 2.72. The number of alkyl halides is 3. The molecule has 1 fully saturated rings. The Morgan fingerprint density at radius 2 is 2.00 bits per heavy atom. The molecule has 1 atom stereocenters. The summed E-state index contributed by atoms with van der Waals surface area (Å²) in [6, 6.07) is 4.30. The van der Waals surface area contributed by atoms with Crippen molar-refractivity contribution in [1.29, 1.82) is 0 Å². The van der Waals surface area contributed by atoms with Crippen LogP contribution in [0, 0.1) is 12.8 Å². The van der Waals surface area contributed by atoms with Crippen LogP contribution < -0.4 is 5.32 Å². The molecule has 106 valence electrons. The van der Waals surface area contributed by atoms with Gasteiger partial charge in [0.1, 0.15) is 0 Å². The van der Waals surface area contributed by atoms with Crippen molar-refractivity contribution in [2.24, 2.45) is 5.92 Å². The standard InChI is InChI=1S/C15H20F3N/c1-3-19-14(11-5-4-6-11)13-8-7-12(9-10(13)2)15(16,17)18/h7-9,11,14,19H,3-6H2,1-2H3. The molecule has 1 aliphatic carbocycles. The van der Waals surface area contributed by atoms with Crippen LogP contribution in [-0.4, -0.2) is 6.54 Å². The van der Waals surface area contributed by atoms with E-state index in [1.807, 2.05) is 6.92 Å². The van der Waals surface area contributed by atoms with E-state index < -0.39 is 11.7 Å². The molecule has 0 aliphatic heterocycles. The van der Waals surface area contributed by atoms with Crippen molar-refractivity contribution in [3.8, 4) is 0 Å². The average molecular weight is 271 g/mol. The molecule has 19 heavy (non-hydrogen) atoms. The summed E-state index contributed by atoms with van der Waals surface area (Å²) in [5, 5.41) is 3.42. The zero-order chi connectivity index (χ0) is 14.0. The molecular weight excluding hydrogens is 251 g/mol. The zero-order valence-electron chi connectivity index (χ0n) is 11.3. The van der Waals surface area contributed by atoms with Crippen LogP contribution >= 0.6 is 0 Å². The van der Waals surface area contributed by atoms with Gasteiger partial charge in [-0.2, -0.15) is 13.2 Å². The van der Waals surface area contributed by atoms with Gasteiger partial charge in [0, 0.05) is 6.04 Å². The fourth-order valence-electron chi connectivity index (χ4n) is 2.72. The minimum Gasteiger partial charge on any atom is -0.310 e. The highest BCUT2D eigenvalue weighted by molar-refractivity contribution is 5.35. The SMILES string of the molecule is CCNC(c1ccc(C(F)(F)F)cc1C)C1CCC1. The molecule has 1 aromatic carbocycles. The molecule has 4 heteroatoms. The molecule has 0 amide bonds. The van der Waals surface area contributed by atoms with Crippen molar-refractivity contribution in [2.45, 2.75) is 45.3 Å². The number of rotatable bonds is 4. The highest BCUT2D eigenvalue weighted by Gasteiger charge is 2.33. The third-order valence-corrected chi connectivity index (χ3v) is 3.98. The number of benzene rings is 1. The summed E-state index contributed by atoms with van der Waals surface area (Å²) < 4.78 is 38.0. The van der Waals surface area contributed by atoms with Crippen LogP contribution in [0.25, 0.3) is 0 Å². The second kappa shape index (κ2) is 5.53. The Morgan fingerprint density at radius 1 is 1.32 bits per heavy atom. The van der Waals surface area contributed by atoms with E-state index in [9.17, 15) is 13.2 Å². The van der Waals surface area contributed by atoms with Crippen molar-refractivity contribution < 1.29 is 13.2 Å². The van der Waals surface area contributed by atoms with Gasteiger partial charge in [0.05, 0.1) is 5.56 Å². The molecule has 1 nitrogen and oxygen atoms in total. The first kappa shape index (κ1) is 14.4. The lowest BCUT2D eigenvalue weighted by Gasteiger charge is -2.35. The predicted octanol–water partition coefficient (Wildman–Crippen LogP) is 4.46. The molecule has 1 saturated carbocycles. The molecule has 1 aliphatic rings. The maximum absolute atomic E-state index is 12.7. The van der Waals surface area contributed by atoms with E-state index in [-0.39, 0.29) is 6.04 Å². The van der Waals surface area contributed by atoms with Crippen LogP contribution in [0.1, 0.15) is 48.9 Å². The van der Waals surface area contributed by atoms with Crippen molar-refractivity contribution in [3.05, 3.63) is 34.9 Å². The molecular formula is C15H20F3N. The zero-order valence-corrected chi connectivity index (χ0v) is 11.3. The molecule has 0 saturated heterocycles. The molecule has 1 aromatic rings. The topological polar surface area (TPSA) is 12.0 Å². The predicted molar refractivity (Wildman–Crippen MR) is 69.9 cm³/mol. The van der Waals surface area contributed by atoms with Crippen LogP contribution in [0.5, 0.6) is 0 Å². The second-order valence-corrected chi connectivity index (χ2v) is 5.30. The number of hydrogen-bond donors (Lipinski definition) is 1. The van der Waals surface area contributed by atoms with Gasteiger partial charge in [-0.15, -0.1) is 0 Å². The second-order valence-electron chi connectivity index (χ2n) is 5.30. The van der Waals surface area contributed by atoms with Gasteiger partial charge in [0.25, 0.3) is 0 Å². The van der Waals surface area contributed by atoms with Crippen molar-refractivity contribution >= 4 is 0 Å². The fraction of sp³-hybridized carbons (Fsp3) is 0.600. The van der Waals surface area contributed by atoms with E-state index in [0.29, 0.717) is 5.92 Å². The summed E-state index contributed by atoms with van der Waals surface area (Å²) in [7, 11) is 0. The molecule has 0 aromatic heterocycles. The molecule has 1 unspecified atom stereocenters. The van der Waals surface area contributed by atoms with Crippen LogP contribution in [-0.2, 0) is 6.18 Å². The molecule has 1 N–H and O–H groups in total. The summed E-state index contributed by atoms with van der Waals surface area (Å²) in [6.07, 6.45) is -0.698. The lowest BCUT2D eigenvalue weighted by molar-refractivity contribution is -0.137. The van der Waals surface area contributed by atoms with Gasteiger partial charge in [0.2, 0.25) is 0 Å². The highest BCUT2D eigenvalue weighted by atomic mass is 19.4. The number of hydrogen-bond acceptors (Lipinski definition) is 1. The van der Waals surface area contributed by atoms with E-state index in [1.54, 1.807) is 13.0 Å². The monoisotopic (exact) mass is 271 g/mol. The summed E-state index contributed by atoms with van der Waals surface area (Å²) in [5.74, 6) is 0.565. The Kier molecular flexibility index (Phi) is 4.19. The molecule has 0 radical (unpaired) electrons. The third kappa shape index (κ3) is 3.11. The molecule has 2 rings (SSSR count). The minimum atomic E-state index is -4.26. The minimum absolute atomic E-state index is 0.195. The van der Waals surface area contributed by atoms with Crippen molar-refractivity contribution in [3.63, 3.8) is 0 Å². The van der Waals surface area contributed by atoms with Gasteiger partial charge in [0.15, 0.2) is 0 Å². The van der Waals surface area contributed by atoms with Crippen molar-refractivity contribution in [1.82, 2.24) is 5.32 Å². The number of nitrogens with one attached hydrogen (secondary N) is 1. The summed E-state index contributed by atoms with van der Waals surface area (Å²) in [4.78, 5) is 0. The maximum atomic E-state index is 12.7. The summed E-state index contributed by atoms with van der Waals surface area (Å²) >= 11 is 0. The Hall–Kier alpha value is -1.03. The Labute approximate surface area is 112 Å². The largest absolute Gasteiger partial charge is 0.416 e. The van der Waals surface area contributed by atoms with Gasteiger partial charge in [-0.1, -0.05) is 19.4 Å². The Balaban J connectivity index is 2.27. The third-order valence-electron chi connectivity index (χ3n) is 3.98. The first-order valence-corrected chi connectivity index (χ1v) is 6.84. The van der Waals surface area contributed by atoms with Crippen LogP contribution in [0.15, 0.2) is 18.2 Å². The van der Waals surface area contributed by atoms with Gasteiger partial charge >= 0.3 is 6.18 Å². The number of halogens is 3. The van der Waals surface area contributed by atoms with Crippen LogP contribution in [0.4, 0.5) is 13.2 Å². The van der Waals surface area contributed by atoms with Crippen LogP contribution in [0.3, 0.4) is 0 Å². The molecule has 0 heterocycles. The first-order valence-electron chi connectivity index (χ1n) is 6.84. The van der Waals surface area contributed by atoms with Crippen molar-refractivity contribution in [2.75, 3.05) is 6.54 Å². The lowest BCUT2D eigenvalue weighted by atomic mass is 9.76. The molecule has 0 bridgehead atoms. The first-order chi connectivity index (χ1) is 8.93. The van der Waals surface area contributed by atoms with Gasteiger partial charge in [-0.3, -0.25) is 0 Å². The van der Waals surface area contributed by atoms with E-state index in [1.165, 1.54) is 18.6 Å². The molecule has 0 spiro atoms. The van der Waals surface area contributed by atoms with Gasteiger partial charge < -0.3 is 5.32 Å². The number of aryl methyl sites for hydroxylation is 1. The quantitative estimate of drug-likeness (QED) is 0.852. The maximum Gasteiger partial charge on any atom is 0.416 e. The summed E-state index contributed by atoms with van der Waals surface area (Å²) in [6.45, 7) is 4.64. The average Bonchev–Trinajstić information content (AvgIpc) is 2.24. The Morgan fingerprint density at radius 3 is 2.42 bits per heavy atom. The smallest absolute Gasteiger partial charge is 0.310 e. The van der Waals surface area contributed by atoms with Crippen LogP contribution in [0.2, 0.25) is 0 Å². The van der Waals surface area contributed by atoms with E-state index in [0.717, 1.165) is 30.5 Å².